The Hall–Kier alpha value is -3.14. The maximum absolute atomic E-state index is 12.1. The van der Waals surface area contributed by atoms with Gasteiger partial charge in [0.2, 0.25) is 5.91 Å². The predicted octanol–water partition coefficient (Wildman–Crippen LogP) is 1.05. The smallest absolute Gasteiger partial charge is 0.251 e. The SMILES string of the molecule is CC(C(=O)Nc1cccc(C#N)c1)n1cc(C(N)=O)cn1. The lowest BCUT2D eigenvalue weighted by Crippen LogP contribution is -2.24. The van der Waals surface area contributed by atoms with Crippen molar-refractivity contribution < 1.29 is 9.59 Å². The Balaban J connectivity index is 2.11. The van der Waals surface area contributed by atoms with Gasteiger partial charge in [-0.1, -0.05) is 6.07 Å². The number of hydrogen-bond acceptors (Lipinski definition) is 4. The summed E-state index contributed by atoms with van der Waals surface area (Å²) in [7, 11) is 0. The van der Waals surface area contributed by atoms with Gasteiger partial charge in [-0.2, -0.15) is 10.4 Å². The molecule has 7 nitrogen and oxygen atoms in total. The molecular formula is C14H13N5O2. The van der Waals surface area contributed by atoms with Crippen molar-refractivity contribution in [2.75, 3.05) is 5.32 Å². The van der Waals surface area contributed by atoms with E-state index < -0.39 is 11.9 Å². The molecule has 7 heteroatoms. The zero-order valence-electron chi connectivity index (χ0n) is 11.3. The highest BCUT2D eigenvalue weighted by Gasteiger charge is 2.17. The molecule has 3 N–H and O–H groups in total. The summed E-state index contributed by atoms with van der Waals surface area (Å²) in [6, 6.07) is 7.95. The predicted molar refractivity (Wildman–Crippen MR) is 75.2 cm³/mol. The second-order valence-electron chi connectivity index (χ2n) is 4.43. The van der Waals surface area contributed by atoms with Crippen LogP contribution in [-0.2, 0) is 4.79 Å². The number of hydrogen-bond donors (Lipinski definition) is 2. The van der Waals surface area contributed by atoms with E-state index in [2.05, 4.69) is 10.4 Å². The van der Waals surface area contributed by atoms with Crippen LogP contribution in [0.15, 0.2) is 36.7 Å². The first-order valence-electron chi connectivity index (χ1n) is 6.16. The van der Waals surface area contributed by atoms with Gasteiger partial charge < -0.3 is 11.1 Å². The molecule has 0 saturated heterocycles. The number of primary amides is 1. The molecule has 1 aromatic carbocycles. The molecule has 21 heavy (non-hydrogen) atoms. The summed E-state index contributed by atoms with van der Waals surface area (Å²) in [6.45, 7) is 1.64. The second kappa shape index (κ2) is 5.88. The number of nitrogens with zero attached hydrogens (tertiary/aromatic N) is 3. The van der Waals surface area contributed by atoms with Gasteiger partial charge in [-0.3, -0.25) is 14.3 Å². The molecule has 0 saturated carbocycles. The first-order chi connectivity index (χ1) is 10.0. The molecule has 0 aliphatic heterocycles. The number of nitrogens with two attached hydrogens (primary N) is 1. The number of benzene rings is 1. The zero-order chi connectivity index (χ0) is 15.4. The highest BCUT2D eigenvalue weighted by atomic mass is 16.2. The lowest BCUT2D eigenvalue weighted by atomic mass is 10.2. The van der Waals surface area contributed by atoms with E-state index in [0.717, 1.165) is 0 Å². The summed E-state index contributed by atoms with van der Waals surface area (Å²) in [4.78, 5) is 23.1. The van der Waals surface area contributed by atoms with Gasteiger partial charge >= 0.3 is 0 Å². The fourth-order valence-corrected chi connectivity index (χ4v) is 1.71. The van der Waals surface area contributed by atoms with Gasteiger partial charge in [0.05, 0.1) is 23.4 Å². The Morgan fingerprint density at radius 2 is 2.24 bits per heavy atom. The Bertz CT molecular complexity index is 729. The van der Waals surface area contributed by atoms with Crippen LogP contribution in [0.25, 0.3) is 0 Å². The van der Waals surface area contributed by atoms with Crippen molar-refractivity contribution in [2.45, 2.75) is 13.0 Å². The van der Waals surface area contributed by atoms with E-state index in [1.54, 1.807) is 31.2 Å². The monoisotopic (exact) mass is 283 g/mol. The Morgan fingerprint density at radius 3 is 2.86 bits per heavy atom. The molecule has 0 radical (unpaired) electrons. The van der Waals surface area contributed by atoms with Crippen LogP contribution in [0, 0.1) is 11.3 Å². The summed E-state index contributed by atoms with van der Waals surface area (Å²) in [5.41, 5.74) is 6.35. The van der Waals surface area contributed by atoms with E-state index in [4.69, 9.17) is 11.0 Å². The average molecular weight is 283 g/mol. The summed E-state index contributed by atoms with van der Waals surface area (Å²) >= 11 is 0. The fraction of sp³-hybridized carbons (Fsp3) is 0.143. The quantitative estimate of drug-likeness (QED) is 0.872. The van der Waals surface area contributed by atoms with Crippen molar-refractivity contribution in [3.8, 4) is 6.07 Å². The summed E-state index contributed by atoms with van der Waals surface area (Å²) < 4.78 is 1.35. The number of carbonyl (C=O) groups excluding carboxylic acids is 2. The highest BCUT2D eigenvalue weighted by Crippen LogP contribution is 2.13. The minimum atomic E-state index is -0.621. The molecule has 2 amide bonds. The number of amides is 2. The van der Waals surface area contributed by atoms with Crippen molar-refractivity contribution in [2.24, 2.45) is 5.73 Å². The molecule has 0 aliphatic carbocycles. The molecule has 1 heterocycles. The molecule has 1 unspecified atom stereocenters. The van der Waals surface area contributed by atoms with Crippen molar-refractivity contribution in [3.63, 3.8) is 0 Å². The second-order valence-corrected chi connectivity index (χ2v) is 4.43. The molecule has 0 bridgehead atoms. The lowest BCUT2D eigenvalue weighted by molar-refractivity contribution is -0.119. The molecule has 106 valence electrons. The van der Waals surface area contributed by atoms with Gasteiger partial charge in [-0.05, 0) is 25.1 Å². The minimum Gasteiger partial charge on any atom is -0.366 e. The number of nitriles is 1. The van der Waals surface area contributed by atoms with Crippen LogP contribution in [0.1, 0.15) is 28.9 Å². The first-order valence-corrected chi connectivity index (χ1v) is 6.16. The largest absolute Gasteiger partial charge is 0.366 e. The van der Waals surface area contributed by atoms with Gasteiger partial charge in [0.25, 0.3) is 5.91 Å². The van der Waals surface area contributed by atoms with E-state index >= 15 is 0 Å². The molecule has 0 fully saturated rings. The molecule has 1 atom stereocenters. The summed E-state index contributed by atoms with van der Waals surface area (Å²) in [6.07, 6.45) is 2.72. The molecule has 0 spiro atoms. The van der Waals surface area contributed by atoms with Crippen LogP contribution in [-0.4, -0.2) is 21.6 Å². The highest BCUT2D eigenvalue weighted by molar-refractivity contribution is 5.94. The van der Waals surface area contributed by atoms with E-state index in [-0.39, 0.29) is 11.5 Å². The van der Waals surface area contributed by atoms with E-state index in [0.29, 0.717) is 11.3 Å². The third-order valence-electron chi connectivity index (χ3n) is 2.92. The molecule has 0 aliphatic rings. The topological polar surface area (TPSA) is 114 Å². The maximum atomic E-state index is 12.1. The number of anilines is 1. The maximum Gasteiger partial charge on any atom is 0.251 e. The van der Waals surface area contributed by atoms with Gasteiger partial charge in [0.1, 0.15) is 6.04 Å². The third kappa shape index (κ3) is 3.25. The van der Waals surface area contributed by atoms with Crippen molar-refractivity contribution in [1.29, 1.82) is 5.26 Å². The van der Waals surface area contributed by atoms with Crippen LogP contribution in [0.2, 0.25) is 0 Å². The Labute approximate surface area is 121 Å². The molecule has 2 rings (SSSR count). The number of carbonyl (C=O) groups is 2. The van der Waals surface area contributed by atoms with Gasteiger partial charge in [-0.15, -0.1) is 0 Å². The summed E-state index contributed by atoms with van der Waals surface area (Å²) in [5, 5.41) is 15.4. The standard InChI is InChI=1S/C14H13N5O2/c1-9(19-8-11(7-17-19)13(16)20)14(21)18-12-4-2-3-10(5-12)6-15/h2-5,7-9H,1H3,(H2,16,20)(H,18,21). The average Bonchev–Trinajstić information content (AvgIpc) is 2.96. The van der Waals surface area contributed by atoms with Crippen LogP contribution < -0.4 is 11.1 Å². The Kier molecular flexibility index (Phi) is 4.00. The van der Waals surface area contributed by atoms with Crippen LogP contribution in [0.3, 0.4) is 0 Å². The molecular weight excluding hydrogens is 270 g/mol. The summed E-state index contributed by atoms with van der Waals surface area (Å²) in [5.74, 6) is -0.917. The number of rotatable bonds is 4. The normalized spacial score (nSPS) is 11.4. The van der Waals surface area contributed by atoms with Crippen molar-refractivity contribution >= 4 is 17.5 Å². The molecule has 1 aromatic heterocycles. The first kappa shape index (κ1) is 14.3. The van der Waals surface area contributed by atoms with Gasteiger partial charge in [0.15, 0.2) is 0 Å². The minimum absolute atomic E-state index is 0.237. The van der Waals surface area contributed by atoms with Gasteiger partial charge in [0, 0.05) is 11.9 Å². The number of aromatic nitrogens is 2. The zero-order valence-corrected chi connectivity index (χ0v) is 11.3. The van der Waals surface area contributed by atoms with E-state index in [9.17, 15) is 9.59 Å². The third-order valence-corrected chi connectivity index (χ3v) is 2.92. The van der Waals surface area contributed by atoms with Gasteiger partial charge in [-0.25, -0.2) is 0 Å². The Morgan fingerprint density at radius 1 is 1.48 bits per heavy atom. The fourth-order valence-electron chi connectivity index (χ4n) is 1.71. The lowest BCUT2D eigenvalue weighted by Gasteiger charge is -2.12. The number of nitrogens with one attached hydrogen (secondary N) is 1. The molecule has 2 aromatic rings. The van der Waals surface area contributed by atoms with Crippen LogP contribution in [0.5, 0.6) is 0 Å². The van der Waals surface area contributed by atoms with Crippen molar-refractivity contribution in [1.82, 2.24) is 9.78 Å². The van der Waals surface area contributed by atoms with Crippen LogP contribution >= 0.6 is 0 Å². The van der Waals surface area contributed by atoms with Crippen molar-refractivity contribution in [3.05, 3.63) is 47.8 Å². The van der Waals surface area contributed by atoms with E-state index in [1.165, 1.54) is 17.1 Å². The van der Waals surface area contributed by atoms with Crippen LogP contribution in [0.4, 0.5) is 5.69 Å². The van der Waals surface area contributed by atoms with E-state index in [1.807, 2.05) is 6.07 Å².